The zero-order valence-corrected chi connectivity index (χ0v) is 5.80. The van der Waals surface area contributed by atoms with E-state index in [1.807, 2.05) is 0 Å². The summed E-state index contributed by atoms with van der Waals surface area (Å²) >= 11 is 0. The van der Waals surface area contributed by atoms with E-state index >= 15 is 0 Å². The molecular formula is C6H12N2O2. The van der Waals surface area contributed by atoms with Gasteiger partial charge in [-0.1, -0.05) is 0 Å². The van der Waals surface area contributed by atoms with Crippen LogP contribution in [0, 0.1) is 0 Å². The molecule has 4 N–H and O–H groups in total. The van der Waals surface area contributed by atoms with Crippen LogP contribution in [0.4, 0.5) is 0 Å². The van der Waals surface area contributed by atoms with Gasteiger partial charge in [0.25, 0.3) is 0 Å². The Morgan fingerprint density at radius 2 is 1.50 bits per heavy atom. The second-order valence-corrected chi connectivity index (χ2v) is 3.02. The Morgan fingerprint density at radius 3 is 1.90 bits per heavy atom. The van der Waals surface area contributed by atoms with E-state index in [0.717, 1.165) is 12.8 Å². The van der Waals surface area contributed by atoms with Crippen molar-refractivity contribution < 1.29 is 9.47 Å². The van der Waals surface area contributed by atoms with Crippen molar-refractivity contribution in [2.24, 2.45) is 11.5 Å². The summed E-state index contributed by atoms with van der Waals surface area (Å²) in [6.45, 7) is 1.24. The molecule has 2 rings (SSSR count). The van der Waals surface area contributed by atoms with Gasteiger partial charge in [-0.25, -0.2) is 0 Å². The number of hydrogen-bond acceptors (Lipinski definition) is 4. The molecule has 0 unspecified atom stereocenters. The average molecular weight is 144 g/mol. The summed E-state index contributed by atoms with van der Waals surface area (Å²) in [7, 11) is 0. The first-order valence-electron chi connectivity index (χ1n) is 3.52. The van der Waals surface area contributed by atoms with E-state index in [2.05, 4.69) is 0 Å². The zero-order chi connectivity index (χ0) is 7.24. The molecule has 2 saturated heterocycles. The fraction of sp³-hybridized carbons (Fsp3) is 1.00. The Labute approximate surface area is 59.5 Å². The second kappa shape index (κ2) is 1.71. The molecule has 2 aliphatic heterocycles. The molecule has 2 aliphatic rings. The highest BCUT2D eigenvalue weighted by Gasteiger charge is 2.56. The first kappa shape index (κ1) is 6.54. The molecule has 0 spiro atoms. The topological polar surface area (TPSA) is 70.5 Å². The summed E-state index contributed by atoms with van der Waals surface area (Å²) in [5.41, 5.74) is 11.2. The number of fused-ring (bicyclic) bond motifs is 1. The van der Waals surface area contributed by atoms with Crippen LogP contribution in [0.3, 0.4) is 0 Å². The summed E-state index contributed by atoms with van der Waals surface area (Å²) in [5, 5.41) is 0. The van der Waals surface area contributed by atoms with Gasteiger partial charge in [0.1, 0.15) is 0 Å². The van der Waals surface area contributed by atoms with Crippen LogP contribution >= 0.6 is 0 Å². The molecule has 0 aliphatic carbocycles. The molecule has 0 amide bonds. The number of rotatable bonds is 0. The fourth-order valence-corrected chi connectivity index (χ4v) is 1.57. The van der Waals surface area contributed by atoms with Gasteiger partial charge in [0.15, 0.2) is 0 Å². The zero-order valence-electron chi connectivity index (χ0n) is 5.80. The van der Waals surface area contributed by atoms with Gasteiger partial charge < -0.3 is 15.2 Å². The van der Waals surface area contributed by atoms with Gasteiger partial charge in [-0.3, -0.25) is 5.73 Å². The van der Waals surface area contributed by atoms with Gasteiger partial charge in [0.05, 0.1) is 18.8 Å². The van der Waals surface area contributed by atoms with Crippen molar-refractivity contribution in [1.29, 1.82) is 0 Å². The van der Waals surface area contributed by atoms with E-state index in [4.69, 9.17) is 20.9 Å². The van der Waals surface area contributed by atoms with E-state index in [1.54, 1.807) is 0 Å². The van der Waals surface area contributed by atoms with E-state index in [9.17, 15) is 0 Å². The Morgan fingerprint density at radius 1 is 1.00 bits per heavy atom. The number of hydrogen-bond donors (Lipinski definition) is 2. The van der Waals surface area contributed by atoms with E-state index in [-0.39, 0.29) is 0 Å². The van der Waals surface area contributed by atoms with Gasteiger partial charge in [-0.15, -0.1) is 0 Å². The fourth-order valence-electron chi connectivity index (χ4n) is 1.57. The first-order valence-corrected chi connectivity index (χ1v) is 3.52. The maximum Gasteiger partial charge on any atom is 0.244 e. The van der Waals surface area contributed by atoms with Crippen LogP contribution < -0.4 is 11.5 Å². The Bertz CT molecular complexity index is 134. The third-order valence-electron chi connectivity index (χ3n) is 2.42. The lowest BCUT2D eigenvalue weighted by atomic mass is 9.94. The molecular weight excluding hydrogens is 132 g/mol. The van der Waals surface area contributed by atoms with E-state index < -0.39 is 11.4 Å². The first-order chi connectivity index (χ1) is 4.66. The lowest BCUT2D eigenvalue weighted by Gasteiger charge is -2.29. The van der Waals surface area contributed by atoms with Crippen molar-refractivity contribution in [3.8, 4) is 0 Å². The average Bonchev–Trinajstić information content (AvgIpc) is 2.20. The Hall–Kier alpha value is -0.160. The molecule has 4 nitrogen and oxygen atoms in total. The number of ether oxygens (including phenoxy) is 2. The van der Waals surface area contributed by atoms with Crippen LogP contribution in [0.15, 0.2) is 0 Å². The third kappa shape index (κ3) is 0.594. The molecule has 0 aromatic carbocycles. The van der Waals surface area contributed by atoms with Crippen LogP contribution in [-0.4, -0.2) is 24.7 Å². The minimum atomic E-state index is -0.979. The van der Waals surface area contributed by atoms with Crippen molar-refractivity contribution >= 4 is 0 Å². The SMILES string of the molecule is NC12CCOC1(N)OCC2. The smallest absolute Gasteiger partial charge is 0.244 e. The summed E-state index contributed by atoms with van der Waals surface area (Å²) in [6.07, 6.45) is 1.62. The van der Waals surface area contributed by atoms with Crippen LogP contribution in [0.25, 0.3) is 0 Å². The highest BCUT2D eigenvalue weighted by Crippen LogP contribution is 2.38. The molecule has 2 fully saturated rings. The Kier molecular flexibility index (Phi) is 1.12. The molecule has 0 radical (unpaired) electrons. The van der Waals surface area contributed by atoms with Crippen LogP contribution in [0.1, 0.15) is 12.8 Å². The normalized spacial score (nSPS) is 53.4. The molecule has 58 valence electrons. The molecule has 0 atom stereocenters. The van der Waals surface area contributed by atoms with Crippen LogP contribution in [-0.2, 0) is 9.47 Å². The van der Waals surface area contributed by atoms with Crippen molar-refractivity contribution in [3.05, 3.63) is 0 Å². The molecule has 4 heteroatoms. The minimum absolute atomic E-state index is 0.424. The predicted molar refractivity (Wildman–Crippen MR) is 35.0 cm³/mol. The van der Waals surface area contributed by atoms with Gasteiger partial charge in [-0.2, -0.15) is 0 Å². The van der Waals surface area contributed by atoms with Crippen molar-refractivity contribution in [2.75, 3.05) is 13.2 Å². The molecule has 0 aromatic heterocycles. The highest BCUT2D eigenvalue weighted by molar-refractivity contribution is 5.03. The monoisotopic (exact) mass is 144 g/mol. The van der Waals surface area contributed by atoms with Gasteiger partial charge in [-0.05, 0) is 12.8 Å². The second-order valence-electron chi connectivity index (χ2n) is 3.02. The van der Waals surface area contributed by atoms with E-state index in [1.165, 1.54) is 0 Å². The summed E-state index contributed by atoms with van der Waals surface area (Å²) in [5.74, 6) is -0.979. The summed E-state index contributed by atoms with van der Waals surface area (Å²) in [4.78, 5) is 0. The van der Waals surface area contributed by atoms with Crippen molar-refractivity contribution in [2.45, 2.75) is 24.3 Å². The lowest BCUT2D eigenvalue weighted by Crippen LogP contribution is -2.60. The molecule has 10 heavy (non-hydrogen) atoms. The van der Waals surface area contributed by atoms with Crippen LogP contribution in [0.5, 0.6) is 0 Å². The molecule has 0 saturated carbocycles. The quantitative estimate of drug-likeness (QED) is 0.464. The summed E-state index contributed by atoms with van der Waals surface area (Å²) in [6, 6.07) is 0. The summed E-state index contributed by atoms with van der Waals surface area (Å²) < 4.78 is 10.4. The maximum absolute atomic E-state index is 5.92. The van der Waals surface area contributed by atoms with E-state index in [0.29, 0.717) is 13.2 Å². The van der Waals surface area contributed by atoms with Gasteiger partial charge >= 0.3 is 0 Å². The minimum Gasteiger partial charge on any atom is -0.336 e. The third-order valence-corrected chi connectivity index (χ3v) is 2.42. The number of nitrogens with two attached hydrogens (primary N) is 2. The predicted octanol–water partition coefficient (Wildman–Crippen LogP) is -0.863. The van der Waals surface area contributed by atoms with Gasteiger partial charge in [0.2, 0.25) is 5.91 Å². The van der Waals surface area contributed by atoms with Crippen molar-refractivity contribution in [1.82, 2.24) is 0 Å². The molecule has 0 aromatic rings. The standard InChI is InChI=1S/C6H12N2O2/c7-5-1-3-9-6(5,8)10-4-2-5/h1-4,7-8H2. The largest absolute Gasteiger partial charge is 0.336 e. The maximum atomic E-state index is 5.92. The Balaban J connectivity index is 2.30. The van der Waals surface area contributed by atoms with Gasteiger partial charge in [0, 0.05) is 0 Å². The highest BCUT2D eigenvalue weighted by atomic mass is 16.7. The lowest BCUT2D eigenvalue weighted by molar-refractivity contribution is -0.195. The molecule has 2 heterocycles. The van der Waals surface area contributed by atoms with Crippen molar-refractivity contribution in [3.63, 3.8) is 0 Å². The molecule has 0 bridgehead atoms. The van der Waals surface area contributed by atoms with Crippen LogP contribution in [0.2, 0.25) is 0 Å².